The normalized spacial score (nSPS) is 15.4. The molecule has 1 aliphatic heterocycles. The van der Waals surface area contributed by atoms with E-state index in [1.54, 1.807) is 38.4 Å². The number of benzene rings is 2. The Kier molecular flexibility index (Phi) is 6.85. The molecule has 0 atom stereocenters. The van der Waals surface area contributed by atoms with Crippen molar-refractivity contribution in [3.8, 4) is 5.75 Å². The van der Waals surface area contributed by atoms with Crippen molar-refractivity contribution in [1.29, 1.82) is 0 Å². The summed E-state index contributed by atoms with van der Waals surface area (Å²) in [7, 11) is 3.23. The van der Waals surface area contributed by atoms with Gasteiger partial charge in [-0.05, 0) is 55.8 Å². The van der Waals surface area contributed by atoms with Crippen molar-refractivity contribution in [1.82, 2.24) is 10.2 Å². The van der Waals surface area contributed by atoms with Crippen LogP contribution in [0.25, 0.3) is 0 Å². The fourth-order valence-electron chi connectivity index (χ4n) is 3.11. The summed E-state index contributed by atoms with van der Waals surface area (Å²) in [5.74, 6) is 0.256. The van der Waals surface area contributed by atoms with E-state index in [2.05, 4.69) is 10.6 Å². The molecule has 1 saturated heterocycles. The van der Waals surface area contributed by atoms with E-state index in [0.29, 0.717) is 30.9 Å². The van der Waals surface area contributed by atoms with Crippen molar-refractivity contribution < 1.29 is 19.1 Å². The molecule has 1 heterocycles. The van der Waals surface area contributed by atoms with Gasteiger partial charge in [0.15, 0.2) is 0 Å². The number of piperidine rings is 1. The molecule has 2 aromatic rings. The number of amides is 2. The first-order chi connectivity index (χ1) is 14.0. The Balaban J connectivity index is 1.66. The molecule has 0 saturated carbocycles. The van der Waals surface area contributed by atoms with Crippen LogP contribution in [0.5, 0.6) is 5.75 Å². The van der Waals surface area contributed by atoms with Crippen LogP contribution in [0.2, 0.25) is 0 Å². The summed E-state index contributed by atoms with van der Waals surface area (Å²) in [6.07, 6.45) is 0.749. The molecule has 0 radical (unpaired) electrons. The molecule has 2 amide bonds. The maximum Gasteiger partial charge on any atom is 0.414 e. The molecule has 2 aromatic carbocycles. The SMILES string of the molecule is CN(C)C(=O)Oc1ccc(NC(=O)C2(OCc3ccccc3)CCNCC2)cc1. The van der Waals surface area contributed by atoms with Gasteiger partial charge in [0.05, 0.1) is 6.61 Å². The zero-order valence-electron chi connectivity index (χ0n) is 16.8. The molecule has 0 bridgehead atoms. The van der Waals surface area contributed by atoms with Crippen LogP contribution in [0.3, 0.4) is 0 Å². The van der Waals surface area contributed by atoms with Gasteiger partial charge in [-0.2, -0.15) is 0 Å². The van der Waals surface area contributed by atoms with Crippen LogP contribution in [-0.2, 0) is 16.1 Å². The molecule has 154 valence electrons. The molecule has 1 aliphatic rings. The number of carbonyl (C=O) groups is 2. The van der Waals surface area contributed by atoms with Gasteiger partial charge in [-0.3, -0.25) is 4.79 Å². The topological polar surface area (TPSA) is 79.9 Å². The number of ether oxygens (including phenoxy) is 2. The molecular weight excluding hydrogens is 370 g/mol. The molecule has 0 aliphatic carbocycles. The molecule has 29 heavy (non-hydrogen) atoms. The molecule has 1 fully saturated rings. The second-order valence-electron chi connectivity index (χ2n) is 7.26. The minimum absolute atomic E-state index is 0.159. The fraction of sp³-hybridized carbons (Fsp3) is 0.364. The molecule has 0 aromatic heterocycles. The number of nitrogens with one attached hydrogen (secondary N) is 2. The van der Waals surface area contributed by atoms with Gasteiger partial charge in [-0.15, -0.1) is 0 Å². The van der Waals surface area contributed by atoms with E-state index < -0.39 is 11.7 Å². The number of hydrogen-bond acceptors (Lipinski definition) is 5. The van der Waals surface area contributed by atoms with E-state index in [4.69, 9.17) is 9.47 Å². The number of rotatable bonds is 6. The van der Waals surface area contributed by atoms with E-state index in [-0.39, 0.29) is 5.91 Å². The van der Waals surface area contributed by atoms with E-state index in [1.165, 1.54) is 4.90 Å². The van der Waals surface area contributed by atoms with Crippen LogP contribution in [0.15, 0.2) is 54.6 Å². The lowest BCUT2D eigenvalue weighted by Crippen LogP contribution is -2.52. The average Bonchev–Trinajstić information content (AvgIpc) is 2.75. The second kappa shape index (κ2) is 9.54. The molecule has 7 heteroatoms. The predicted molar refractivity (Wildman–Crippen MR) is 111 cm³/mol. The van der Waals surface area contributed by atoms with Gasteiger partial charge in [-0.25, -0.2) is 4.79 Å². The Morgan fingerprint density at radius 1 is 1.03 bits per heavy atom. The summed E-state index contributed by atoms with van der Waals surface area (Å²) in [5, 5.41) is 6.23. The summed E-state index contributed by atoms with van der Waals surface area (Å²) in [6.45, 7) is 1.83. The number of carbonyl (C=O) groups excluding carboxylic acids is 2. The van der Waals surface area contributed by atoms with E-state index in [1.807, 2.05) is 30.3 Å². The van der Waals surface area contributed by atoms with Gasteiger partial charge in [0.1, 0.15) is 11.4 Å². The van der Waals surface area contributed by atoms with Crippen molar-refractivity contribution >= 4 is 17.7 Å². The molecule has 2 N–H and O–H groups in total. The number of hydrogen-bond donors (Lipinski definition) is 2. The lowest BCUT2D eigenvalue weighted by atomic mass is 9.90. The first-order valence-corrected chi connectivity index (χ1v) is 9.68. The molecule has 7 nitrogen and oxygen atoms in total. The highest BCUT2D eigenvalue weighted by atomic mass is 16.6. The minimum atomic E-state index is -0.878. The first kappa shape index (κ1) is 20.8. The van der Waals surface area contributed by atoms with Gasteiger partial charge in [0.2, 0.25) is 0 Å². The maximum atomic E-state index is 13.1. The first-order valence-electron chi connectivity index (χ1n) is 9.68. The Hall–Kier alpha value is -2.90. The Labute approximate surface area is 171 Å². The Bertz CT molecular complexity index is 816. The maximum absolute atomic E-state index is 13.1. The minimum Gasteiger partial charge on any atom is -0.410 e. The summed E-state index contributed by atoms with van der Waals surface area (Å²) in [4.78, 5) is 26.1. The second-order valence-corrected chi connectivity index (χ2v) is 7.26. The summed E-state index contributed by atoms with van der Waals surface area (Å²) < 4.78 is 11.4. The third-order valence-corrected chi connectivity index (χ3v) is 4.87. The van der Waals surface area contributed by atoms with Crippen LogP contribution >= 0.6 is 0 Å². The Morgan fingerprint density at radius 2 is 1.69 bits per heavy atom. The van der Waals surface area contributed by atoms with Crippen LogP contribution in [0.1, 0.15) is 18.4 Å². The smallest absolute Gasteiger partial charge is 0.410 e. The van der Waals surface area contributed by atoms with Crippen LogP contribution < -0.4 is 15.4 Å². The quantitative estimate of drug-likeness (QED) is 0.783. The molecular formula is C22H27N3O4. The van der Waals surface area contributed by atoms with Crippen LogP contribution in [-0.4, -0.2) is 49.7 Å². The highest BCUT2D eigenvalue weighted by molar-refractivity contribution is 5.97. The van der Waals surface area contributed by atoms with Crippen molar-refractivity contribution in [2.24, 2.45) is 0 Å². The Morgan fingerprint density at radius 3 is 2.31 bits per heavy atom. The van der Waals surface area contributed by atoms with E-state index >= 15 is 0 Å². The van der Waals surface area contributed by atoms with E-state index in [0.717, 1.165) is 18.7 Å². The lowest BCUT2D eigenvalue weighted by Gasteiger charge is -2.36. The van der Waals surface area contributed by atoms with Crippen molar-refractivity contribution in [2.75, 3.05) is 32.5 Å². The largest absolute Gasteiger partial charge is 0.414 e. The zero-order valence-corrected chi connectivity index (χ0v) is 16.8. The monoisotopic (exact) mass is 397 g/mol. The lowest BCUT2D eigenvalue weighted by molar-refractivity contribution is -0.147. The molecule has 3 rings (SSSR count). The molecule has 0 spiro atoms. The van der Waals surface area contributed by atoms with Crippen molar-refractivity contribution in [3.05, 3.63) is 60.2 Å². The fourth-order valence-corrected chi connectivity index (χ4v) is 3.11. The van der Waals surface area contributed by atoms with Gasteiger partial charge < -0.3 is 25.0 Å². The summed E-state index contributed by atoms with van der Waals surface area (Å²) in [5.41, 5.74) is 0.781. The van der Waals surface area contributed by atoms with Gasteiger partial charge >= 0.3 is 6.09 Å². The van der Waals surface area contributed by atoms with Crippen molar-refractivity contribution in [3.63, 3.8) is 0 Å². The summed E-state index contributed by atoms with van der Waals surface area (Å²) in [6, 6.07) is 16.6. The van der Waals surface area contributed by atoms with Gasteiger partial charge in [-0.1, -0.05) is 30.3 Å². The summed E-state index contributed by atoms with van der Waals surface area (Å²) >= 11 is 0. The number of nitrogens with zero attached hydrogens (tertiary/aromatic N) is 1. The highest BCUT2D eigenvalue weighted by Crippen LogP contribution is 2.27. The zero-order chi connectivity index (χ0) is 20.7. The van der Waals surface area contributed by atoms with Gasteiger partial charge in [0.25, 0.3) is 5.91 Å². The predicted octanol–water partition coefficient (Wildman–Crippen LogP) is 3.02. The van der Waals surface area contributed by atoms with Gasteiger partial charge in [0, 0.05) is 19.8 Å². The average molecular weight is 397 g/mol. The van der Waals surface area contributed by atoms with Crippen molar-refractivity contribution in [2.45, 2.75) is 25.0 Å². The van der Waals surface area contributed by atoms with Crippen LogP contribution in [0, 0.1) is 0 Å². The standard InChI is InChI=1S/C22H27N3O4/c1-25(2)21(27)29-19-10-8-18(9-11-19)24-20(26)22(12-14-23-15-13-22)28-16-17-6-4-3-5-7-17/h3-11,23H,12-16H2,1-2H3,(H,24,26). The number of anilines is 1. The third kappa shape index (κ3) is 5.56. The third-order valence-electron chi connectivity index (χ3n) is 4.87. The van der Waals surface area contributed by atoms with Crippen LogP contribution in [0.4, 0.5) is 10.5 Å². The molecule has 0 unspecified atom stereocenters. The van der Waals surface area contributed by atoms with E-state index in [9.17, 15) is 9.59 Å². The highest BCUT2D eigenvalue weighted by Gasteiger charge is 2.40.